The molecular formula is C15H22O6. The molecule has 0 spiro atoms. The zero-order chi connectivity index (χ0) is 16.0. The number of allylic oxidation sites excluding steroid dienone is 1. The first-order chi connectivity index (χ1) is 9.96. The fourth-order valence-corrected chi connectivity index (χ4v) is 2.51. The van der Waals surface area contributed by atoms with Gasteiger partial charge >= 0.3 is 17.9 Å². The predicted molar refractivity (Wildman–Crippen MR) is 74.1 cm³/mol. The Kier molecular flexibility index (Phi) is 5.93. The van der Waals surface area contributed by atoms with Crippen molar-refractivity contribution in [2.45, 2.75) is 27.7 Å². The van der Waals surface area contributed by atoms with Gasteiger partial charge in [0.2, 0.25) is 0 Å². The van der Waals surface area contributed by atoms with E-state index in [1.165, 1.54) is 12.2 Å². The molecule has 1 rings (SSSR count). The second kappa shape index (κ2) is 7.24. The lowest BCUT2D eigenvalue weighted by molar-refractivity contribution is -0.165. The molecule has 0 aliphatic heterocycles. The average molecular weight is 298 g/mol. The van der Waals surface area contributed by atoms with E-state index in [0.717, 1.165) is 0 Å². The summed E-state index contributed by atoms with van der Waals surface area (Å²) in [6, 6.07) is 0. The molecule has 0 heterocycles. The van der Waals surface area contributed by atoms with Crippen molar-refractivity contribution in [1.29, 1.82) is 0 Å². The van der Waals surface area contributed by atoms with E-state index >= 15 is 0 Å². The third-order valence-electron chi connectivity index (χ3n) is 3.63. The highest BCUT2D eigenvalue weighted by molar-refractivity contribution is 6.05. The molecule has 2 atom stereocenters. The van der Waals surface area contributed by atoms with Gasteiger partial charge in [0, 0.05) is 12.0 Å². The predicted octanol–water partition coefficient (Wildman–Crippen LogP) is 1.48. The largest absolute Gasteiger partial charge is 0.465 e. The molecule has 0 saturated heterocycles. The zero-order valence-electron chi connectivity index (χ0n) is 12.9. The lowest BCUT2D eigenvalue weighted by Crippen LogP contribution is -2.33. The SMILES string of the molecule is CCOC(=O)/C=C/[C@@H]1[C@H](C)C1(C(=O)OCC)C(=O)OCC. The summed E-state index contributed by atoms with van der Waals surface area (Å²) in [5.41, 5.74) is -1.34. The molecule has 1 aliphatic carbocycles. The summed E-state index contributed by atoms with van der Waals surface area (Å²) in [6.07, 6.45) is 2.77. The van der Waals surface area contributed by atoms with Gasteiger partial charge in [0.1, 0.15) is 0 Å². The van der Waals surface area contributed by atoms with E-state index in [1.54, 1.807) is 27.7 Å². The molecular weight excluding hydrogens is 276 g/mol. The van der Waals surface area contributed by atoms with E-state index in [2.05, 4.69) is 0 Å². The smallest absolute Gasteiger partial charge is 0.330 e. The average Bonchev–Trinajstić information content (AvgIpc) is 3.03. The van der Waals surface area contributed by atoms with Crippen LogP contribution >= 0.6 is 0 Å². The van der Waals surface area contributed by atoms with Gasteiger partial charge in [-0.1, -0.05) is 13.0 Å². The molecule has 21 heavy (non-hydrogen) atoms. The first kappa shape index (κ1) is 17.2. The quantitative estimate of drug-likeness (QED) is 0.306. The molecule has 0 unspecified atom stereocenters. The number of carbonyl (C=O) groups excluding carboxylic acids is 3. The summed E-state index contributed by atoms with van der Waals surface area (Å²) in [5.74, 6) is -2.40. The Hall–Kier alpha value is -1.85. The van der Waals surface area contributed by atoms with Crippen molar-refractivity contribution in [2.24, 2.45) is 17.3 Å². The van der Waals surface area contributed by atoms with Gasteiger partial charge in [-0.2, -0.15) is 0 Å². The van der Waals surface area contributed by atoms with Crippen LogP contribution in [0.15, 0.2) is 12.2 Å². The molecule has 0 radical (unpaired) electrons. The summed E-state index contributed by atoms with van der Waals surface area (Å²) in [4.78, 5) is 35.7. The fraction of sp³-hybridized carbons (Fsp3) is 0.667. The van der Waals surface area contributed by atoms with Gasteiger partial charge in [-0.15, -0.1) is 0 Å². The van der Waals surface area contributed by atoms with Crippen LogP contribution in [0.2, 0.25) is 0 Å². The van der Waals surface area contributed by atoms with Crippen LogP contribution in [-0.2, 0) is 28.6 Å². The van der Waals surface area contributed by atoms with E-state index in [-0.39, 0.29) is 25.7 Å². The summed E-state index contributed by atoms with van der Waals surface area (Å²) in [5, 5.41) is 0. The van der Waals surface area contributed by atoms with Crippen LogP contribution in [0, 0.1) is 17.3 Å². The normalized spacial score (nSPS) is 22.7. The van der Waals surface area contributed by atoms with Crippen molar-refractivity contribution in [3.8, 4) is 0 Å². The standard InChI is InChI=1S/C15H22O6/c1-5-19-12(16)9-8-11-10(4)15(11,13(17)20-6-2)14(18)21-7-3/h8-11H,5-7H2,1-4H3/b9-8+/t10-,11+/m0/s1. The summed E-state index contributed by atoms with van der Waals surface area (Å²) in [7, 11) is 0. The Morgan fingerprint density at radius 2 is 1.43 bits per heavy atom. The third kappa shape index (κ3) is 3.25. The summed E-state index contributed by atoms with van der Waals surface area (Å²) in [6.45, 7) is 7.44. The van der Waals surface area contributed by atoms with Crippen molar-refractivity contribution in [1.82, 2.24) is 0 Å². The molecule has 1 fully saturated rings. The van der Waals surface area contributed by atoms with E-state index in [9.17, 15) is 14.4 Å². The minimum Gasteiger partial charge on any atom is -0.465 e. The molecule has 118 valence electrons. The van der Waals surface area contributed by atoms with Gasteiger partial charge in [0.25, 0.3) is 0 Å². The molecule has 0 N–H and O–H groups in total. The van der Waals surface area contributed by atoms with Crippen LogP contribution in [0.5, 0.6) is 0 Å². The zero-order valence-corrected chi connectivity index (χ0v) is 12.9. The lowest BCUT2D eigenvalue weighted by atomic mass is 10.0. The molecule has 0 bridgehead atoms. The monoisotopic (exact) mass is 298 g/mol. The van der Waals surface area contributed by atoms with E-state index in [0.29, 0.717) is 0 Å². The van der Waals surface area contributed by atoms with Gasteiger partial charge in [-0.3, -0.25) is 9.59 Å². The molecule has 1 saturated carbocycles. The highest BCUT2D eigenvalue weighted by Gasteiger charge is 2.73. The van der Waals surface area contributed by atoms with Crippen molar-refractivity contribution < 1.29 is 28.6 Å². The van der Waals surface area contributed by atoms with Crippen LogP contribution < -0.4 is 0 Å². The number of hydrogen-bond donors (Lipinski definition) is 0. The maximum atomic E-state index is 12.2. The second-order valence-corrected chi connectivity index (χ2v) is 4.74. The Balaban J connectivity index is 2.92. The van der Waals surface area contributed by atoms with Crippen molar-refractivity contribution in [3.63, 3.8) is 0 Å². The first-order valence-corrected chi connectivity index (χ1v) is 7.16. The number of hydrogen-bond acceptors (Lipinski definition) is 6. The van der Waals surface area contributed by atoms with Gasteiger partial charge in [-0.25, -0.2) is 4.79 Å². The van der Waals surface area contributed by atoms with E-state index in [1.807, 2.05) is 0 Å². The Morgan fingerprint density at radius 1 is 0.952 bits per heavy atom. The van der Waals surface area contributed by atoms with Gasteiger partial charge in [0.15, 0.2) is 5.41 Å². The van der Waals surface area contributed by atoms with Gasteiger partial charge in [-0.05, 0) is 26.7 Å². The van der Waals surface area contributed by atoms with Crippen molar-refractivity contribution in [3.05, 3.63) is 12.2 Å². The highest BCUT2D eigenvalue weighted by Crippen LogP contribution is 2.61. The number of ether oxygens (including phenoxy) is 3. The Labute approximate surface area is 124 Å². The minimum absolute atomic E-state index is 0.182. The Bertz CT molecular complexity index is 421. The van der Waals surface area contributed by atoms with Crippen LogP contribution in [0.3, 0.4) is 0 Å². The van der Waals surface area contributed by atoms with Gasteiger partial charge < -0.3 is 14.2 Å². The topological polar surface area (TPSA) is 78.9 Å². The fourth-order valence-electron chi connectivity index (χ4n) is 2.51. The maximum Gasteiger partial charge on any atom is 0.330 e. The van der Waals surface area contributed by atoms with Gasteiger partial charge in [0.05, 0.1) is 19.8 Å². The molecule has 0 aromatic rings. The van der Waals surface area contributed by atoms with Crippen LogP contribution in [-0.4, -0.2) is 37.7 Å². The van der Waals surface area contributed by atoms with Crippen molar-refractivity contribution in [2.75, 3.05) is 19.8 Å². The summed E-state index contributed by atoms with van der Waals surface area (Å²) >= 11 is 0. The number of esters is 3. The van der Waals surface area contributed by atoms with Crippen LogP contribution in [0.1, 0.15) is 27.7 Å². The lowest BCUT2D eigenvalue weighted by Gasteiger charge is -2.14. The highest BCUT2D eigenvalue weighted by atomic mass is 16.6. The molecule has 0 aromatic heterocycles. The first-order valence-electron chi connectivity index (χ1n) is 7.16. The second-order valence-electron chi connectivity index (χ2n) is 4.74. The molecule has 6 heteroatoms. The summed E-state index contributed by atoms with van der Waals surface area (Å²) < 4.78 is 14.8. The minimum atomic E-state index is -1.34. The van der Waals surface area contributed by atoms with E-state index < -0.39 is 29.2 Å². The third-order valence-corrected chi connectivity index (χ3v) is 3.63. The number of carbonyl (C=O) groups is 3. The molecule has 0 aromatic carbocycles. The molecule has 6 nitrogen and oxygen atoms in total. The number of rotatable bonds is 7. The van der Waals surface area contributed by atoms with Crippen LogP contribution in [0.4, 0.5) is 0 Å². The van der Waals surface area contributed by atoms with Crippen molar-refractivity contribution >= 4 is 17.9 Å². The van der Waals surface area contributed by atoms with E-state index in [4.69, 9.17) is 14.2 Å². The van der Waals surface area contributed by atoms with Crippen LogP contribution in [0.25, 0.3) is 0 Å². The molecule has 1 aliphatic rings. The Morgan fingerprint density at radius 3 is 1.86 bits per heavy atom. The molecule has 0 amide bonds. The maximum absolute atomic E-state index is 12.2.